The molecule has 10 heteroatoms. The van der Waals surface area contributed by atoms with Gasteiger partial charge in [0.1, 0.15) is 15.9 Å². The molecule has 0 aliphatic heterocycles. The molecule has 0 saturated heterocycles. The van der Waals surface area contributed by atoms with Crippen LogP contribution in [0, 0.1) is 0 Å². The van der Waals surface area contributed by atoms with E-state index in [1.807, 2.05) is 6.92 Å². The predicted octanol–water partition coefficient (Wildman–Crippen LogP) is 1.65. The van der Waals surface area contributed by atoms with E-state index in [4.69, 9.17) is 11.6 Å². The maximum atomic E-state index is 11.1. The van der Waals surface area contributed by atoms with Gasteiger partial charge in [-0.15, -0.1) is 35.3 Å². The van der Waals surface area contributed by atoms with Gasteiger partial charge in [0, 0.05) is 24.2 Å². The first kappa shape index (κ1) is 21.9. The molecule has 22 heavy (non-hydrogen) atoms. The summed E-state index contributed by atoms with van der Waals surface area (Å²) in [7, 11) is -3.01. The Morgan fingerprint density at radius 1 is 1.45 bits per heavy atom. The Kier molecular flexibility index (Phi) is 10.6. The number of aliphatic imine (C=N–C) groups is 1. The van der Waals surface area contributed by atoms with Crippen molar-refractivity contribution in [1.82, 2.24) is 10.6 Å². The molecule has 6 nitrogen and oxygen atoms in total. The molecule has 0 aliphatic carbocycles. The summed E-state index contributed by atoms with van der Waals surface area (Å²) in [5.41, 5.74) is 0. The quantitative estimate of drug-likeness (QED) is 0.313. The zero-order valence-electron chi connectivity index (χ0n) is 12.4. The first-order valence-corrected chi connectivity index (χ1v) is 9.70. The molecule has 0 aromatic carbocycles. The van der Waals surface area contributed by atoms with Crippen molar-refractivity contribution < 1.29 is 13.5 Å². The monoisotopic (exact) mass is 481 g/mol. The number of sulfone groups is 1. The van der Waals surface area contributed by atoms with E-state index >= 15 is 0 Å². The zero-order valence-corrected chi connectivity index (χ0v) is 17.1. The smallest absolute Gasteiger partial charge is 0.191 e. The highest BCUT2D eigenvalue weighted by molar-refractivity contribution is 14.0. The number of aliphatic hydroxyl groups is 1. The second-order valence-electron chi connectivity index (χ2n) is 4.43. The van der Waals surface area contributed by atoms with Crippen molar-refractivity contribution in [3.63, 3.8) is 0 Å². The number of halogens is 2. The molecule has 1 aromatic heterocycles. The Hall–Kier alpha value is -0.100. The lowest BCUT2D eigenvalue weighted by molar-refractivity contribution is 0.191. The van der Waals surface area contributed by atoms with E-state index in [0.29, 0.717) is 16.8 Å². The molecule has 0 aliphatic rings. The fourth-order valence-electron chi connectivity index (χ4n) is 1.47. The summed E-state index contributed by atoms with van der Waals surface area (Å²) < 4.78 is 22.8. The summed E-state index contributed by atoms with van der Waals surface area (Å²) in [5, 5.41) is 15.9. The highest BCUT2D eigenvalue weighted by Crippen LogP contribution is 2.26. The van der Waals surface area contributed by atoms with Gasteiger partial charge in [-0.05, 0) is 19.1 Å². The van der Waals surface area contributed by atoms with Crippen molar-refractivity contribution in [2.75, 3.05) is 31.6 Å². The van der Waals surface area contributed by atoms with Gasteiger partial charge in [-0.2, -0.15) is 0 Å². The summed E-state index contributed by atoms with van der Waals surface area (Å²) in [5.74, 6) is 0.503. The van der Waals surface area contributed by atoms with Gasteiger partial charge in [0.2, 0.25) is 0 Å². The first-order chi connectivity index (χ1) is 9.81. The molecule has 0 radical (unpaired) electrons. The van der Waals surface area contributed by atoms with Gasteiger partial charge in [-0.25, -0.2) is 8.42 Å². The minimum atomic E-state index is -3.01. The van der Waals surface area contributed by atoms with E-state index in [2.05, 4.69) is 15.6 Å². The molecule has 0 saturated carbocycles. The lowest BCUT2D eigenvalue weighted by atomic mass is 10.3. The number of rotatable bonds is 7. The largest absolute Gasteiger partial charge is 0.386 e. The molecule has 1 unspecified atom stereocenters. The third-order valence-electron chi connectivity index (χ3n) is 2.45. The van der Waals surface area contributed by atoms with Crippen LogP contribution in [0.25, 0.3) is 0 Å². The normalized spacial score (nSPS) is 13.4. The number of hydrogen-bond donors (Lipinski definition) is 3. The van der Waals surface area contributed by atoms with Crippen LogP contribution in [0.1, 0.15) is 17.9 Å². The molecule has 0 bridgehead atoms. The maximum absolute atomic E-state index is 11.1. The second-order valence-corrected chi connectivity index (χ2v) is 8.44. The van der Waals surface area contributed by atoms with Crippen molar-refractivity contribution in [2.45, 2.75) is 13.0 Å². The van der Waals surface area contributed by atoms with Crippen LogP contribution in [0.2, 0.25) is 4.34 Å². The number of thiophene rings is 1. The summed E-state index contributed by atoms with van der Waals surface area (Å²) in [6.07, 6.45) is 0.455. The highest BCUT2D eigenvalue weighted by Gasteiger charge is 2.10. The van der Waals surface area contributed by atoms with E-state index in [-0.39, 0.29) is 42.8 Å². The fraction of sp³-hybridized carbons (Fsp3) is 0.583. The van der Waals surface area contributed by atoms with Crippen LogP contribution in [0.3, 0.4) is 0 Å². The highest BCUT2D eigenvalue weighted by atomic mass is 127. The average Bonchev–Trinajstić information content (AvgIpc) is 2.81. The van der Waals surface area contributed by atoms with Crippen LogP contribution >= 0.6 is 46.9 Å². The van der Waals surface area contributed by atoms with Gasteiger partial charge >= 0.3 is 0 Å². The van der Waals surface area contributed by atoms with Crippen LogP contribution in [-0.4, -0.2) is 51.1 Å². The first-order valence-electron chi connectivity index (χ1n) is 6.45. The minimum absolute atomic E-state index is 0. The van der Waals surface area contributed by atoms with Crippen molar-refractivity contribution in [2.24, 2.45) is 4.99 Å². The summed E-state index contributed by atoms with van der Waals surface area (Å²) in [6.45, 7) is 2.99. The van der Waals surface area contributed by atoms with Gasteiger partial charge in [-0.3, -0.25) is 4.99 Å². The Balaban J connectivity index is 0.00000441. The Labute approximate surface area is 157 Å². The molecular formula is C12H21ClIN3O3S2. The molecule has 1 heterocycles. The number of guanidine groups is 1. The molecule has 1 atom stereocenters. The second kappa shape index (κ2) is 10.6. The summed E-state index contributed by atoms with van der Waals surface area (Å²) in [6, 6.07) is 3.49. The lowest BCUT2D eigenvalue weighted by Gasteiger charge is -2.12. The Morgan fingerprint density at radius 2 is 2.14 bits per heavy atom. The van der Waals surface area contributed by atoms with Gasteiger partial charge in [0.15, 0.2) is 5.96 Å². The van der Waals surface area contributed by atoms with Gasteiger partial charge in [-0.1, -0.05) is 11.6 Å². The minimum Gasteiger partial charge on any atom is -0.386 e. The zero-order chi connectivity index (χ0) is 15.9. The topological polar surface area (TPSA) is 90.8 Å². The maximum Gasteiger partial charge on any atom is 0.191 e. The predicted molar refractivity (Wildman–Crippen MR) is 103 cm³/mol. The summed E-state index contributed by atoms with van der Waals surface area (Å²) in [4.78, 5) is 4.98. The Morgan fingerprint density at radius 3 is 2.64 bits per heavy atom. The van der Waals surface area contributed by atoms with E-state index in [1.165, 1.54) is 17.6 Å². The molecule has 3 N–H and O–H groups in total. The fourth-order valence-corrected chi connectivity index (χ4v) is 2.98. The van der Waals surface area contributed by atoms with Crippen molar-refractivity contribution in [3.05, 3.63) is 21.3 Å². The van der Waals surface area contributed by atoms with Gasteiger partial charge < -0.3 is 15.7 Å². The standard InChI is InChI=1S/C12H20ClN3O3S2.HI/c1-3-14-12(15-6-7-21(2,18)19)16-8-9(17)10-4-5-11(13)20-10;/h4-5,9,17H,3,6-8H2,1-2H3,(H2,14,15,16);1H. The van der Waals surface area contributed by atoms with Crippen molar-refractivity contribution in [3.8, 4) is 0 Å². The number of hydrogen-bond acceptors (Lipinski definition) is 5. The number of nitrogens with zero attached hydrogens (tertiary/aromatic N) is 1. The van der Waals surface area contributed by atoms with Crippen LogP contribution in [0.5, 0.6) is 0 Å². The third kappa shape index (κ3) is 9.13. The molecule has 1 aromatic rings. The number of aliphatic hydroxyl groups excluding tert-OH is 1. The molecule has 1 rings (SSSR count). The molecule has 0 spiro atoms. The SMILES string of the molecule is CCNC(=NCC(O)c1ccc(Cl)s1)NCCS(C)(=O)=O.I. The van der Waals surface area contributed by atoms with E-state index < -0.39 is 15.9 Å². The van der Waals surface area contributed by atoms with Crippen LogP contribution in [0.15, 0.2) is 17.1 Å². The van der Waals surface area contributed by atoms with Crippen molar-refractivity contribution in [1.29, 1.82) is 0 Å². The van der Waals surface area contributed by atoms with E-state index in [1.54, 1.807) is 12.1 Å². The number of nitrogens with one attached hydrogen (secondary N) is 2. The molecule has 0 fully saturated rings. The van der Waals surface area contributed by atoms with E-state index in [9.17, 15) is 13.5 Å². The van der Waals surface area contributed by atoms with Gasteiger partial charge in [0.05, 0.1) is 16.6 Å². The van der Waals surface area contributed by atoms with Crippen LogP contribution in [-0.2, 0) is 9.84 Å². The van der Waals surface area contributed by atoms with Crippen molar-refractivity contribution >= 4 is 62.7 Å². The van der Waals surface area contributed by atoms with Gasteiger partial charge in [0.25, 0.3) is 0 Å². The molecular weight excluding hydrogens is 461 g/mol. The van der Waals surface area contributed by atoms with Crippen LogP contribution in [0.4, 0.5) is 0 Å². The molecule has 0 amide bonds. The third-order valence-corrected chi connectivity index (χ3v) is 4.73. The van der Waals surface area contributed by atoms with Crippen LogP contribution < -0.4 is 10.6 Å². The van der Waals surface area contributed by atoms with E-state index in [0.717, 1.165) is 4.88 Å². The summed E-state index contributed by atoms with van der Waals surface area (Å²) >= 11 is 7.13. The Bertz CT molecular complexity index is 578. The lowest BCUT2D eigenvalue weighted by Crippen LogP contribution is -2.39. The average molecular weight is 482 g/mol. The molecule has 128 valence electrons.